The molecule has 3 aromatic rings. The summed E-state index contributed by atoms with van der Waals surface area (Å²) in [6.45, 7) is 5.58. The van der Waals surface area contributed by atoms with Gasteiger partial charge in [0.1, 0.15) is 23.4 Å². The minimum Gasteiger partial charge on any atom is -0.496 e. The number of hydrogen-bond acceptors (Lipinski definition) is 4. The summed E-state index contributed by atoms with van der Waals surface area (Å²) >= 11 is 6.21. The second-order valence-corrected chi connectivity index (χ2v) is 10.5. The van der Waals surface area contributed by atoms with Gasteiger partial charge in [0, 0.05) is 11.6 Å². The number of fused-ring (bicyclic) bond motifs is 1. The molecule has 5 nitrogen and oxygen atoms in total. The summed E-state index contributed by atoms with van der Waals surface area (Å²) in [5.74, 6) is 0.533. The fourth-order valence-corrected chi connectivity index (χ4v) is 5.89. The molecule has 1 aliphatic heterocycles. The van der Waals surface area contributed by atoms with Crippen molar-refractivity contribution in [2.45, 2.75) is 31.8 Å². The first kappa shape index (κ1) is 24.1. The molecule has 178 valence electrons. The van der Waals surface area contributed by atoms with Crippen LogP contribution in [0.3, 0.4) is 0 Å². The van der Waals surface area contributed by atoms with Crippen LogP contribution in [0.5, 0.6) is 11.5 Å². The summed E-state index contributed by atoms with van der Waals surface area (Å²) in [4.78, 5) is 0.130. The predicted molar refractivity (Wildman–Crippen MR) is 134 cm³/mol. The van der Waals surface area contributed by atoms with Crippen LogP contribution in [0.15, 0.2) is 59.5 Å². The van der Waals surface area contributed by atoms with Gasteiger partial charge in [0.15, 0.2) is 0 Å². The minimum absolute atomic E-state index is 0.130. The number of rotatable bonds is 5. The Hall–Kier alpha value is -3.03. The van der Waals surface area contributed by atoms with E-state index in [1.807, 2.05) is 13.8 Å². The number of halogens is 2. The molecule has 0 aromatic heterocycles. The number of hydrogen-bond donors (Lipinski definition) is 0. The molecule has 34 heavy (non-hydrogen) atoms. The van der Waals surface area contributed by atoms with Crippen LogP contribution >= 0.6 is 11.6 Å². The lowest BCUT2D eigenvalue weighted by molar-refractivity contribution is 0.219. The first-order valence-corrected chi connectivity index (χ1v) is 12.5. The molecular weight excluding hydrogens is 477 g/mol. The van der Waals surface area contributed by atoms with E-state index in [9.17, 15) is 12.8 Å². The van der Waals surface area contributed by atoms with Crippen molar-refractivity contribution in [3.05, 3.63) is 82.1 Å². The van der Waals surface area contributed by atoms with Gasteiger partial charge in [0.2, 0.25) is 0 Å². The lowest BCUT2D eigenvalue weighted by atomic mass is 10.0. The quantitative estimate of drug-likeness (QED) is 0.383. The van der Waals surface area contributed by atoms with Crippen molar-refractivity contribution < 1.29 is 22.3 Å². The third kappa shape index (κ3) is 4.50. The molecule has 0 fully saturated rings. The molecule has 1 aliphatic rings. The first-order valence-electron chi connectivity index (χ1n) is 10.7. The number of benzene rings is 3. The van der Waals surface area contributed by atoms with Gasteiger partial charge in [-0.15, -0.1) is 0 Å². The maximum absolute atomic E-state index is 14.4. The third-order valence-electron chi connectivity index (χ3n) is 5.71. The molecule has 0 amide bonds. The highest BCUT2D eigenvalue weighted by atomic mass is 35.5. The van der Waals surface area contributed by atoms with Gasteiger partial charge < -0.3 is 9.47 Å². The molecule has 0 unspecified atom stereocenters. The summed E-state index contributed by atoms with van der Waals surface area (Å²) in [6.07, 6.45) is 1.43. The fourth-order valence-electron chi connectivity index (χ4n) is 4.02. The first-order chi connectivity index (χ1) is 16.1. The minimum atomic E-state index is -3.90. The van der Waals surface area contributed by atoms with Gasteiger partial charge >= 0.3 is 0 Å². The monoisotopic (exact) mass is 501 g/mol. The zero-order valence-corrected chi connectivity index (χ0v) is 20.9. The molecule has 1 atom stereocenters. The van der Waals surface area contributed by atoms with Crippen LogP contribution in [0, 0.1) is 12.7 Å². The van der Waals surface area contributed by atoms with Crippen LogP contribution < -0.4 is 13.8 Å². The Balaban J connectivity index is 1.79. The number of allylic oxidation sites excluding steroid dienone is 1. The Labute approximate surface area is 204 Å². The fraction of sp³-hybridized carbons (Fsp3) is 0.231. The van der Waals surface area contributed by atoms with Crippen LogP contribution in [0.25, 0.3) is 11.6 Å². The molecule has 4 rings (SSSR count). The average molecular weight is 502 g/mol. The SMILES string of the molecule is COc1cc(S(=O)(=O)N2C[C@H](C)Oc3ccc(/C=C(\C)c4c(F)cccc4Cl)cc32)ccc1C. The van der Waals surface area contributed by atoms with Gasteiger partial charge in [-0.2, -0.15) is 0 Å². The molecular formula is C26H25ClFNO4S. The molecule has 0 aliphatic carbocycles. The van der Waals surface area contributed by atoms with Crippen molar-refractivity contribution in [3.8, 4) is 11.5 Å². The number of ether oxygens (including phenoxy) is 2. The highest BCUT2D eigenvalue weighted by molar-refractivity contribution is 7.92. The highest BCUT2D eigenvalue weighted by Gasteiger charge is 2.33. The Morgan fingerprint density at radius 1 is 1.21 bits per heavy atom. The van der Waals surface area contributed by atoms with Gasteiger partial charge in [0.05, 0.1) is 29.3 Å². The maximum atomic E-state index is 14.4. The molecule has 0 saturated carbocycles. The van der Waals surface area contributed by atoms with Crippen molar-refractivity contribution in [3.63, 3.8) is 0 Å². The molecule has 0 spiro atoms. The Morgan fingerprint density at radius 2 is 1.97 bits per heavy atom. The van der Waals surface area contributed by atoms with E-state index in [1.165, 1.54) is 23.5 Å². The molecule has 0 bridgehead atoms. The molecule has 0 N–H and O–H groups in total. The summed E-state index contributed by atoms with van der Waals surface area (Å²) in [6, 6.07) is 14.6. The largest absolute Gasteiger partial charge is 0.496 e. The van der Waals surface area contributed by atoms with Crippen LogP contribution in [0.1, 0.15) is 30.5 Å². The molecule has 1 heterocycles. The van der Waals surface area contributed by atoms with Gasteiger partial charge in [-0.1, -0.05) is 35.9 Å². The predicted octanol–water partition coefficient (Wildman–Crippen LogP) is 6.33. The molecule has 0 saturated heterocycles. The van der Waals surface area contributed by atoms with Crippen molar-refractivity contribution in [2.24, 2.45) is 0 Å². The summed E-state index contributed by atoms with van der Waals surface area (Å²) in [5, 5.41) is 0.307. The van der Waals surface area contributed by atoms with E-state index in [-0.39, 0.29) is 17.5 Å². The molecule has 3 aromatic carbocycles. The second kappa shape index (κ2) is 9.31. The molecule has 8 heteroatoms. The van der Waals surface area contributed by atoms with Crippen LogP contribution in [0.2, 0.25) is 5.02 Å². The van der Waals surface area contributed by atoms with E-state index in [1.54, 1.807) is 55.5 Å². The number of anilines is 1. The zero-order chi connectivity index (χ0) is 24.6. The number of sulfonamides is 1. The van der Waals surface area contributed by atoms with Gasteiger partial charge in [0.25, 0.3) is 10.0 Å². The number of aryl methyl sites for hydroxylation is 1. The normalized spacial score (nSPS) is 16.1. The molecule has 0 radical (unpaired) electrons. The van der Waals surface area contributed by atoms with Gasteiger partial charge in [-0.3, -0.25) is 4.31 Å². The van der Waals surface area contributed by atoms with E-state index in [0.717, 1.165) is 5.56 Å². The zero-order valence-electron chi connectivity index (χ0n) is 19.3. The Bertz CT molecular complexity index is 1370. The maximum Gasteiger partial charge on any atom is 0.264 e. The summed E-state index contributed by atoms with van der Waals surface area (Å²) in [7, 11) is -2.39. The third-order valence-corrected chi connectivity index (χ3v) is 7.80. The second-order valence-electron chi connectivity index (χ2n) is 8.25. The summed E-state index contributed by atoms with van der Waals surface area (Å²) in [5.41, 5.74) is 2.87. The lowest BCUT2D eigenvalue weighted by Gasteiger charge is -2.34. The van der Waals surface area contributed by atoms with E-state index in [4.69, 9.17) is 21.1 Å². The summed E-state index contributed by atoms with van der Waals surface area (Å²) < 4.78 is 54.3. The standard InChI is InChI=1S/C26H25ClFNO4S/c1-16-8-10-20(14-25(16)32-4)34(30,31)29-15-18(3)33-24-11-9-19(13-23(24)29)12-17(2)26-21(27)6-5-7-22(26)28/h5-14,18H,15H2,1-4H3/b17-12+/t18-/m0/s1. The van der Waals surface area contributed by atoms with E-state index in [0.29, 0.717) is 38.9 Å². The van der Waals surface area contributed by atoms with Gasteiger partial charge in [-0.25, -0.2) is 12.8 Å². The Morgan fingerprint density at radius 3 is 2.68 bits per heavy atom. The van der Waals surface area contributed by atoms with Crippen LogP contribution in [0.4, 0.5) is 10.1 Å². The highest BCUT2D eigenvalue weighted by Crippen LogP contribution is 2.39. The van der Waals surface area contributed by atoms with E-state index < -0.39 is 15.8 Å². The smallest absolute Gasteiger partial charge is 0.264 e. The van der Waals surface area contributed by atoms with Crippen LogP contribution in [-0.2, 0) is 10.0 Å². The van der Waals surface area contributed by atoms with Crippen molar-refractivity contribution >= 4 is 39.0 Å². The topological polar surface area (TPSA) is 55.8 Å². The van der Waals surface area contributed by atoms with E-state index >= 15 is 0 Å². The number of nitrogens with zero attached hydrogens (tertiary/aromatic N) is 1. The van der Waals surface area contributed by atoms with Gasteiger partial charge in [-0.05, 0) is 67.8 Å². The van der Waals surface area contributed by atoms with Crippen molar-refractivity contribution in [1.29, 1.82) is 0 Å². The van der Waals surface area contributed by atoms with Crippen molar-refractivity contribution in [1.82, 2.24) is 0 Å². The van der Waals surface area contributed by atoms with Crippen molar-refractivity contribution in [2.75, 3.05) is 18.0 Å². The van der Waals surface area contributed by atoms with E-state index in [2.05, 4.69) is 0 Å². The lowest BCUT2D eigenvalue weighted by Crippen LogP contribution is -2.42. The number of methoxy groups -OCH3 is 1. The Kier molecular flexibility index (Phi) is 6.60. The average Bonchev–Trinajstić information content (AvgIpc) is 2.78. The van der Waals surface area contributed by atoms with Crippen LogP contribution in [-0.4, -0.2) is 28.2 Å².